The van der Waals surface area contributed by atoms with E-state index in [1.165, 1.54) is 5.56 Å². The van der Waals surface area contributed by atoms with Crippen LogP contribution in [0.25, 0.3) is 0 Å². The SMILES string of the molecule is Cc1ccc(O)c(C(C)NCc2cn(C)nc2C)c1. The van der Waals surface area contributed by atoms with Crippen LogP contribution in [-0.4, -0.2) is 14.9 Å². The molecule has 0 aliphatic rings. The van der Waals surface area contributed by atoms with Gasteiger partial charge < -0.3 is 10.4 Å². The Balaban J connectivity index is 2.07. The predicted octanol–water partition coefficient (Wildman–Crippen LogP) is 2.59. The van der Waals surface area contributed by atoms with E-state index >= 15 is 0 Å². The van der Waals surface area contributed by atoms with E-state index in [0.29, 0.717) is 5.75 Å². The summed E-state index contributed by atoms with van der Waals surface area (Å²) >= 11 is 0. The van der Waals surface area contributed by atoms with Gasteiger partial charge in [0.25, 0.3) is 0 Å². The van der Waals surface area contributed by atoms with Gasteiger partial charge in [0.15, 0.2) is 0 Å². The Morgan fingerprint density at radius 1 is 1.37 bits per heavy atom. The van der Waals surface area contributed by atoms with Gasteiger partial charge in [-0.15, -0.1) is 0 Å². The van der Waals surface area contributed by atoms with Crippen molar-refractivity contribution in [2.75, 3.05) is 0 Å². The van der Waals surface area contributed by atoms with E-state index in [4.69, 9.17) is 0 Å². The van der Waals surface area contributed by atoms with Gasteiger partial charge in [-0.3, -0.25) is 4.68 Å². The minimum absolute atomic E-state index is 0.0968. The summed E-state index contributed by atoms with van der Waals surface area (Å²) in [4.78, 5) is 0. The molecule has 0 saturated carbocycles. The summed E-state index contributed by atoms with van der Waals surface area (Å²) in [6.45, 7) is 6.83. The Morgan fingerprint density at radius 2 is 2.11 bits per heavy atom. The fraction of sp³-hybridized carbons (Fsp3) is 0.400. The first-order valence-corrected chi connectivity index (χ1v) is 6.49. The Kier molecular flexibility index (Phi) is 3.90. The minimum Gasteiger partial charge on any atom is -0.508 e. The molecule has 0 saturated heterocycles. The van der Waals surface area contributed by atoms with E-state index in [2.05, 4.69) is 17.3 Å². The minimum atomic E-state index is 0.0968. The maximum Gasteiger partial charge on any atom is 0.120 e. The van der Waals surface area contributed by atoms with Gasteiger partial charge in [-0.2, -0.15) is 5.10 Å². The summed E-state index contributed by atoms with van der Waals surface area (Å²) in [6, 6.07) is 5.78. The van der Waals surface area contributed by atoms with E-state index in [9.17, 15) is 5.11 Å². The van der Waals surface area contributed by atoms with Crippen LogP contribution in [-0.2, 0) is 13.6 Å². The summed E-state index contributed by atoms with van der Waals surface area (Å²) in [7, 11) is 1.92. The van der Waals surface area contributed by atoms with Crippen molar-refractivity contribution in [3.05, 3.63) is 46.8 Å². The first kappa shape index (κ1) is 13.6. The van der Waals surface area contributed by atoms with Crippen LogP contribution in [0.4, 0.5) is 0 Å². The number of aryl methyl sites for hydroxylation is 3. The Morgan fingerprint density at radius 3 is 2.74 bits per heavy atom. The highest BCUT2D eigenvalue weighted by Gasteiger charge is 2.11. The molecule has 1 unspecified atom stereocenters. The van der Waals surface area contributed by atoms with E-state index < -0.39 is 0 Å². The monoisotopic (exact) mass is 259 g/mol. The van der Waals surface area contributed by atoms with E-state index in [1.807, 2.05) is 43.9 Å². The standard InChI is InChI=1S/C15H21N3O/c1-10-5-6-15(19)14(7-10)12(3)16-8-13-9-18(4)17-11(13)2/h5-7,9,12,16,19H,8H2,1-4H3. The molecule has 0 aliphatic heterocycles. The number of nitrogens with one attached hydrogen (secondary N) is 1. The third kappa shape index (κ3) is 3.15. The largest absolute Gasteiger partial charge is 0.508 e. The molecule has 0 fully saturated rings. The number of aromatic nitrogens is 2. The number of nitrogens with zero attached hydrogens (tertiary/aromatic N) is 2. The topological polar surface area (TPSA) is 50.1 Å². The van der Waals surface area contributed by atoms with Gasteiger partial charge in [-0.1, -0.05) is 17.7 Å². The molecular formula is C15H21N3O. The van der Waals surface area contributed by atoms with Crippen molar-refractivity contribution in [3.8, 4) is 5.75 Å². The van der Waals surface area contributed by atoms with Crippen LogP contribution in [0.2, 0.25) is 0 Å². The maximum atomic E-state index is 9.90. The molecule has 1 aromatic carbocycles. The lowest BCUT2D eigenvalue weighted by molar-refractivity contribution is 0.452. The van der Waals surface area contributed by atoms with Crippen molar-refractivity contribution in [2.45, 2.75) is 33.4 Å². The molecule has 1 atom stereocenters. The average molecular weight is 259 g/mol. The maximum absolute atomic E-state index is 9.90. The molecule has 0 aliphatic carbocycles. The van der Waals surface area contributed by atoms with Gasteiger partial charge in [-0.25, -0.2) is 0 Å². The normalized spacial score (nSPS) is 12.6. The lowest BCUT2D eigenvalue weighted by atomic mass is 10.0. The number of hydrogen-bond acceptors (Lipinski definition) is 3. The van der Waals surface area contributed by atoms with Crippen LogP contribution in [0.15, 0.2) is 24.4 Å². The van der Waals surface area contributed by atoms with Crippen molar-refractivity contribution >= 4 is 0 Å². The number of hydrogen-bond donors (Lipinski definition) is 2. The summed E-state index contributed by atoms with van der Waals surface area (Å²) in [6.07, 6.45) is 2.02. The number of phenolic OH excluding ortho intramolecular Hbond substituents is 1. The van der Waals surface area contributed by atoms with Crippen LogP contribution in [0.5, 0.6) is 5.75 Å². The first-order valence-electron chi connectivity index (χ1n) is 6.49. The Labute approximate surface area is 114 Å². The molecule has 1 heterocycles. The van der Waals surface area contributed by atoms with Crippen molar-refractivity contribution in [3.63, 3.8) is 0 Å². The fourth-order valence-corrected chi connectivity index (χ4v) is 2.22. The smallest absolute Gasteiger partial charge is 0.120 e. The predicted molar refractivity (Wildman–Crippen MR) is 76.0 cm³/mol. The molecule has 0 amide bonds. The van der Waals surface area contributed by atoms with Crippen LogP contribution in [0.3, 0.4) is 0 Å². The zero-order valence-corrected chi connectivity index (χ0v) is 11.9. The lowest BCUT2D eigenvalue weighted by Crippen LogP contribution is -2.18. The second kappa shape index (κ2) is 5.45. The number of benzene rings is 1. The number of aromatic hydroxyl groups is 1. The van der Waals surface area contributed by atoms with E-state index in [1.54, 1.807) is 6.07 Å². The Bertz CT molecular complexity index is 575. The van der Waals surface area contributed by atoms with Crippen LogP contribution in [0, 0.1) is 13.8 Å². The molecule has 0 bridgehead atoms. The molecular weight excluding hydrogens is 238 g/mol. The lowest BCUT2D eigenvalue weighted by Gasteiger charge is -2.16. The summed E-state index contributed by atoms with van der Waals surface area (Å²) in [5, 5.41) is 17.6. The third-order valence-corrected chi connectivity index (χ3v) is 3.36. The second-order valence-electron chi connectivity index (χ2n) is 5.08. The van der Waals surface area contributed by atoms with Crippen LogP contribution >= 0.6 is 0 Å². The van der Waals surface area contributed by atoms with E-state index in [0.717, 1.165) is 23.4 Å². The van der Waals surface area contributed by atoms with Crippen LogP contribution in [0.1, 0.15) is 35.3 Å². The molecule has 4 heteroatoms. The molecule has 2 rings (SSSR count). The summed E-state index contributed by atoms with van der Waals surface area (Å²) in [5.41, 5.74) is 4.30. The number of rotatable bonds is 4. The molecule has 2 aromatic rings. The highest BCUT2D eigenvalue weighted by atomic mass is 16.3. The Hall–Kier alpha value is -1.81. The summed E-state index contributed by atoms with van der Waals surface area (Å²) in [5.74, 6) is 0.341. The van der Waals surface area contributed by atoms with Gasteiger partial charge in [-0.05, 0) is 26.8 Å². The highest BCUT2D eigenvalue weighted by Crippen LogP contribution is 2.25. The second-order valence-corrected chi connectivity index (χ2v) is 5.08. The van der Waals surface area contributed by atoms with Gasteiger partial charge in [0.1, 0.15) is 5.75 Å². The van der Waals surface area contributed by atoms with Crippen molar-refractivity contribution in [1.29, 1.82) is 0 Å². The van der Waals surface area contributed by atoms with Crippen molar-refractivity contribution < 1.29 is 5.11 Å². The van der Waals surface area contributed by atoms with Gasteiger partial charge in [0.05, 0.1) is 5.69 Å². The molecule has 4 nitrogen and oxygen atoms in total. The van der Waals surface area contributed by atoms with Crippen LogP contribution < -0.4 is 5.32 Å². The van der Waals surface area contributed by atoms with Crippen molar-refractivity contribution in [2.24, 2.45) is 7.05 Å². The van der Waals surface area contributed by atoms with Gasteiger partial charge in [0.2, 0.25) is 0 Å². The quantitative estimate of drug-likeness (QED) is 0.887. The average Bonchev–Trinajstić information content (AvgIpc) is 2.68. The molecule has 0 radical (unpaired) electrons. The summed E-state index contributed by atoms with van der Waals surface area (Å²) < 4.78 is 1.82. The molecule has 19 heavy (non-hydrogen) atoms. The van der Waals surface area contributed by atoms with Crippen molar-refractivity contribution in [1.82, 2.24) is 15.1 Å². The van der Waals surface area contributed by atoms with E-state index in [-0.39, 0.29) is 6.04 Å². The molecule has 102 valence electrons. The zero-order chi connectivity index (χ0) is 14.0. The molecule has 2 N–H and O–H groups in total. The molecule has 1 aromatic heterocycles. The zero-order valence-electron chi connectivity index (χ0n) is 11.9. The first-order chi connectivity index (χ1) is 8.97. The molecule has 0 spiro atoms. The van der Waals surface area contributed by atoms with Gasteiger partial charge >= 0.3 is 0 Å². The van der Waals surface area contributed by atoms with Gasteiger partial charge in [0, 0.05) is 37.0 Å². The fourth-order valence-electron chi connectivity index (χ4n) is 2.22. The highest BCUT2D eigenvalue weighted by molar-refractivity contribution is 5.37. The third-order valence-electron chi connectivity index (χ3n) is 3.36. The number of phenols is 1.